The van der Waals surface area contributed by atoms with Crippen LogP contribution in [-0.2, 0) is 14.3 Å². The lowest BCUT2D eigenvalue weighted by atomic mass is 10.2. The number of esters is 1. The Labute approximate surface area is 129 Å². The van der Waals surface area contributed by atoms with E-state index in [0.29, 0.717) is 12.9 Å². The molecule has 22 heavy (non-hydrogen) atoms. The molecule has 1 rings (SSSR count). The number of hydrogen-bond donors (Lipinski definition) is 1. The van der Waals surface area contributed by atoms with Gasteiger partial charge in [0.25, 0.3) is 0 Å². The molecule has 0 saturated heterocycles. The highest BCUT2D eigenvalue weighted by molar-refractivity contribution is 6.07. The predicted molar refractivity (Wildman–Crippen MR) is 81.6 cm³/mol. The molecular weight excluding hydrogens is 292 g/mol. The molecule has 0 bridgehead atoms. The number of halogens is 2. The van der Waals surface area contributed by atoms with Gasteiger partial charge in [-0.05, 0) is 31.5 Å². The summed E-state index contributed by atoms with van der Waals surface area (Å²) in [6, 6.07) is 3.27. The summed E-state index contributed by atoms with van der Waals surface area (Å²) in [6.45, 7) is 3.99. The van der Waals surface area contributed by atoms with Gasteiger partial charge in [-0.1, -0.05) is 19.4 Å². The highest BCUT2D eigenvalue weighted by Gasteiger charge is 2.07. The van der Waals surface area contributed by atoms with Crippen molar-refractivity contribution in [3.05, 3.63) is 41.5 Å². The molecule has 0 spiro atoms. The van der Waals surface area contributed by atoms with Gasteiger partial charge in [-0.15, -0.1) is 0 Å². The smallest absolute Gasteiger partial charge is 0.341 e. The highest BCUT2D eigenvalue weighted by atomic mass is 19.1. The number of carbonyl (C=O) groups excluding carboxylic acids is 2. The van der Waals surface area contributed by atoms with Gasteiger partial charge in [0.1, 0.15) is 11.6 Å². The molecule has 0 fully saturated rings. The maximum atomic E-state index is 12.5. The summed E-state index contributed by atoms with van der Waals surface area (Å²) in [5.74, 6) is -1.41. The topological polar surface area (TPSA) is 55.4 Å². The van der Waals surface area contributed by atoms with E-state index in [-0.39, 0.29) is 11.3 Å². The molecule has 0 heterocycles. The third-order valence-electron chi connectivity index (χ3n) is 2.49. The molecule has 0 aliphatic heterocycles. The lowest BCUT2D eigenvalue weighted by molar-refractivity contribution is -0.139. The summed E-state index contributed by atoms with van der Waals surface area (Å²) < 4.78 is 29.5. The standard InChI is InChI=1S/C9H14O3.C7H7F2N/c1-3-5-6-8(7-10)9(11)12-4-2;1-10-7-4-5(8)2-3-6(7)9/h6-7H,3-5H2,1-2H3;2-4,10H,1H3/b8-6-;. The van der Waals surface area contributed by atoms with Crippen LogP contribution in [0, 0.1) is 11.6 Å². The maximum Gasteiger partial charge on any atom is 0.341 e. The quantitative estimate of drug-likeness (QED) is 0.287. The molecule has 0 saturated carbocycles. The van der Waals surface area contributed by atoms with Crippen molar-refractivity contribution in [2.24, 2.45) is 0 Å². The van der Waals surface area contributed by atoms with Crippen molar-refractivity contribution in [3.63, 3.8) is 0 Å². The third kappa shape index (κ3) is 7.52. The van der Waals surface area contributed by atoms with E-state index in [0.717, 1.165) is 31.0 Å². The van der Waals surface area contributed by atoms with E-state index < -0.39 is 17.6 Å². The molecule has 1 aromatic rings. The molecule has 6 heteroatoms. The van der Waals surface area contributed by atoms with E-state index in [1.165, 1.54) is 7.05 Å². The molecule has 0 radical (unpaired) electrons. The molecule has 1 aromatic carbocycles. The van der Waals surface area contributed by atoms with Crippen molar-refractivity contribution in [3.8, 4) is 0 Å². The Morgan fingerprint density at radius 1 is 1.32 bits per heavy atom. The molecule has 0 aromatic heterocycles. The first kappa shape index (κ1) is 19.8. The highest BCUT2D eigenvalue weighted by Crippen LogP contribution is 2.13. The second-order valence-corrected chi connectivity index (χ2v) is 4.16. The number of ether oxygens (including phenoxy) is 1. The molecule has 0 unspecified atom stereocenters. The van der Waals surface area contributed by atoms with Crippen molar-refractivity contribution < 1.29 is 23.1 Å². The predicted octanol–water partition coefficient (Wildman–Crippen LogP) is 3.48. The number of nitrogens with one attached hydrogen (secondary N) is 1. The van der Waals surface area contributed by atoms with E-state index in [1.807, 2.05) is 6.92 Å². The Morgan fingerprint density at radius 3 is 2.45 bits per heavy atom. The second kappa shape index (κ2) is 11.4. The van der Waals surface area contributed by atoms with Gasteiger partial charge >= 0.3 is 5.97 Å². The SMILES string of the molecule is CCC/C=C(/C=O)C(=O)OCC.CNc1cc(F)ccc1F. The Hall–Kier alpha value is -2.24. The largest absolute Gasteiger partial charge is 0.462 e. The first-order valence-corrected chi connectivity index (χ1v) is 6.95. The molecule has 0 aliphatic carbocycles. The molecule has 0 amide bonds. The Balaban J connectivity index is 0.000000406. The number of benzene rings is 1. The zero-order chi connectivity index (χ0) is 17.0. The number of rotatable bonds is 6. The van der Waals surface area contributed by atoms with E-state index in [4.69, 9.17) is 0 Å². The van der Waals surface area contributed by atoms with E-state index >= 15 is 0 Å². The minimum Gasteiger partial charge on any atom is -0.462 e. The normalized spacial score (nSPS) is 10.3. The fourth-order valence-corrected chi connectivity index (χ4v) is 1.38. The van der Waals surface area contributed by atoms with E-state index in [9.17, 15) is 18.4 Å². The lowest BCUT2D eigenvalue weighted by Crippen LogP contribution is -2.08. The number of carbonyl (C=O) groups is 2. The van der Waals surface area contributed by atoms with Crippen molar-refractivity contribution in [1.29, 1.82) is 0 Å². The van der Waals surface area contributed by atoms with Gasteiger partial charge in [0.15, 0.2) is 6.29 Å². The molecule has 0 atom stereocenters. The van der Waals surface area contributed by atoms with Crippen LogP contribution in [0.4, 0.5) is 14.5 Å². The van der Waals surface area contributed by atoms with Gasteiger partial charge in [-0.25, -0.2) is 13.6 Å². The van der Waals surface area contributed by atoms with E-state index in [1.54, 1.807) is 13.0 Å². The first-order chi connectivity index (χ1) is 10.5. The zero-order valence-electron chi connectivity index (χ0n) is 13.0. The molecule has 1 N–H and O–H groups in total. The van der Waals surface area contributed by atoms with E-state index in [2.05, 4.69) is 10.1 Å². The van der Waals surface area contributed by atoms with Crippen LogP contribution >= 0.6 is 0 Å². The minimum absolute atomic E-state index is 0.124. The van der Waals surface area contributed by atoms with Crippen molar-refractivity contribution >= 4 is 17.9 Å². The summed E-state index contributed by atoms with van der Waals surface area (Å²) in [5.41, 5.74) is 0.304. The van der Waals surface area contributed by atoms with Crippen molar-refractivity contribution in [1.82, 2.24) is 0 Å². The van der Waals surface area contributed by atoms with Gasteiger partial charge in [-0.2, -0.15) is 0 Å². The number of aldehydes is 1. The lowest BCUT2D eigenvalue weighted by Gasteiger charge is -1.99. The molecule has 0 aliphatic rings. The van der Waals surface area contributed by atoms with Crippen molar-refractivity contribution in [2.45, 2.75) is 26.7 Å². The molecule has 4 nitrogen and oxygen atoms in total. The minimum atomic E-state index is -0.527. The van der Waals surface area contributed by atoms with Gasteiger partial charge < -0.3 is 10.1 Å². The van der Waals surface area contributed by atoms with Gasteiger partial charge in [0.05, 0.1) is 17.9 Å². The summed E-state index contributed by atoms with van der Waals surface area (Å²) in [6.07, 6.45) is 3.78. The van der Waals surface area contributed by atoms with Crippen LogP contribution in [0.15, 0.2) is 29.8 Å². The van der Waals surface area contributed by atoms with Crippen LogP contribution in [0.1, 0.15) is 26.7 Å². The zero-order valence-corrected chi connectivity index (χ0v) is 13.0. The first-order valence-electron chi connectivity index (χ1n) is 6.95. The monoisotopic (exact) mass is 313 g/mol. The number of unbranched alkanes of at least 4 members (excludes halogenated alkanes) is 1. The Kier molecular flexibility index (Phi) is 10.3. The second-order valence-electron chi connectivity index (χ2n) is 4.16. The van der Waals surface area contributed by atoms with Crippen LogP contribution in [0.2, 0.25) is 0 Å². The van der Waals surface area contributed by atoms with Gasteiger partial charge in [0.2, 0.25) is 0 Å². The summed E-state index contributed by atoms with van der Waals surface area (Å²) >= 11 is 0. The van der Waals surface area contributed by atoms with Gasteiger partial charge in [0, 0.05) is 7.05 Å². The van der Waals surface area contributed by atoms with Crippen LogP contribution < -0.4 is 5.32 Å². The molecule has 122 valence electrons. The van der Waals surface area contributed by atoms with Crippen LogP contribution in [0.3, 0.4) is 0 Å². The maximum absolute atomic E-state index is 12.5. The number of allylic oxidation sites excluding steroid dienone is 1. The average Bonchev–Trinajstić information content (AvgIpc) is 2.51. The Bertz CT molecular complexity index is 516. The fourth-order valence-electron chi connectivity index (χ4n) is 1.38. The summed E-state index contributed by atoms with van der Waals surface area (Å²) in [5, 5.41) is 2.52. The van der Waals surface area contributed by atoms with Crippen LogP contribution in [0.5, 0.6) is 0 Å². The summed E-state index contributed by atoms with van der Waals surface area (Å²) in [7, 11) is 1.54. The summed E-state index contributed by atoms with van der Waals surface area (Å²) in [4.78, 5) is 21.3. The Morgan fingerprint density at radius 2 is 2.00 bits per heavy atom. The van der Waals surface area contributed by atoms with Crippen LogP contribution in [0.25, 0.3) is 0 Å². The average molecular weight is 313 g/mol. The number of hydrogen-bond acceptors (Lipinski definition) is 4. The van der Waals surface area contributed by atoms with Crippen molar-refractivity contribution in [2.75, 3.05) is 19.0 Å². The third-order valence-corrected chi connectivity index (χ3v) is 2.49. The van der Waals surface area contributed by atoms with Crippen LogP contribution in [-0.4, -0.2) is 25.9 Å². The number of anilines is 1. The van der Waals surface area contributed by atoms with Gasteiger partial charge in [-0.3, -0.25) is 4.79 Å². The molecular formula is C16H21F2NO3. The fraction of sp³-hybridized carbons (Fsp3) is 0.375.